The van der Waals surface area contributed by atoms with Crippen LogP contribution in [0.4, 0.5) is 14.6 Å². The van der Waals surface area contributed by atoms with Crippen molar-refractivity contribution in [2.45, 2.75) is 19.8 Å². The van der Waals surface area contributed by atoms with Crippen LogP contribution < -0.4 is 4.90 Å². The third-order valence-corrected chi connectivity index (χ3v) is 4.87. The first-order chi connectivity index (χ1) is 12.0. The van der Waals surface area contributed by atoms with E-state index in [4.69, 9.17) is 11.6 Å². The monoisotopic (exact) mass is 363 g/mol. The van der Waals surface area contributed by atoms with Crippen LogP contribution in [0.1, 0.15) is 19.8 Å². The maximum absolute atomic E-state index is 13.8. The van der Waals surface area contributed by atoms with Gasteiger partial charge < -0.3 is 4.90 Å². The summed E-state index contributed by atoms with van der Waals surface area (Å²) in [6.45, 7) is 3.83. The number of fused-ring (bicyclic) bond motifs is 1. The normalized spacial score (nSPS) is 15.9. The highest BCUT2D eigenvalue weighted by Crippen LogP contribution is 2.38. The first kappa shape index (κ1) is 16.2. The third kappa shape index (κ3) is 2.93. The summed E-state index contributed by atoms with van der Waals surface area (Å²) in [6, 6.07) is 3.34. The topological polar surface area (TPSA) is 46.3 Å². The van der Waals surface area contributed by atoms with E-state index >= 15 is 0 Å². The molecule has 130 valence electrons. The zero-order chi connectivity index (χ0) is 17.6. The molecule has 0 amide bonds. The van der Waals surface area contributed by atoms with Crippen molar-refractivity contribution < 1.29 is 8.78 Å². The highest BCUT2D eigenvalue weighted by atomic mass is 35.5. The predicted octanol–water partition coefficient (Wildman–Crippen LogP) is 3.96. The summed E-state index contributed by atoms with van der Waals surface area (Å²) in [5.74, 6) is 0.337. The van der Waals surface area contributed by atoms with E-state index in [1.807, 2.05) is 0 Å². The largest absolute Gasteiger partial charge is 0.356 e. The molecule has 0 radical (unpaired) electrons. The Kier molecular flexibility index (Phi) is 4.03. The molecule has 1 aliphatic heterocycles. The number of hydrogen-bond donors (Lipinski definition) is 0. The molecule has 2 aromatic heterocycles. The molecule has 0 spiro atoms. The van der Waals surface area contributed by atoms with Crippen molar-refractivity contribution in [1.29, 1.82) is 0 Å². The zero-order valence-corrected chi connectivity index (χ0v) is 14.3. The molecule has 1 fully saturated rings. The predicted molar refractivity (Wildman–Crippen MR) is 91.8 cm³/mol. The van der Waals surface area contributed by atoms with Gasteiger partial charge in [-0.2, -0.15) is 19.6 Å². The number of rotatable bonds is 2. The first-order valence-corrected chi connectivity index (χ1v) is 8.51. The molecular formula is C17H16ClF2N5. The van der Waals surface area contributed by atoms with Crippen molar-refractivity contribution in [2.24, 2.45) is 5.92 Å². The van der Waals surface area contributed by atoms with Gasteiger partial charge in [-0.15, -0.1) is 0 Å². The van der Waals surface area contributed by atoms with E-state index in [9.17, 15) is 8.78 Å². The van der Waals surface area contributed by atoms with Gasteiger partial charge in [0.05, 0.1) is 5.56 Å². The van der Waals surface area contributed by atoms with Crippen molar-refractivity contribution in [3.63, 3.8) is 0 Å². The van der Waals surface area contributed by atoms with E-state index in [-0.39, 0.29) is 5.15 Å². The zero-order valence-electron chi connectivity index (χ0n) is 13.6. The van der Waals surface area contributed by atoms with Crippen molar-refractivity contribution in [3.05, 3.63) is 41.3 Å². The van der Waals surface area contributed by atoms with Gasteiger partial charge in [0, 0.05) is 19.2 Å². The average Bonchev–Trinajstić information content (AvgIpc) is 3.01. The van der Waals surface area contributed by atoms with Crippen molar-refractivity contribution >= 4 is 23.2 Å². The van der Waals surface area contributed by atoms with E-state index in [1.165, 1.54) is 18.5 Å². The minimum atomic E-state index is -0.664. The Morgan fingerprint density at radius 1 is 1.12 bits per heavy atom. The van der Waals surface area contributed by atoms with Gasteiger partial charge in [-0.25, -0.2) is 8.78 Å². The van der Waals surface area contributed by atoms with Crippen LogP contribution in [0.15, 0.2) is 24.5 Å². The summed E-state index contributed by atoms with van der Waals surface area (Å²) in [6.07, 6.45) is 3.44. The molecule has 0 saturated carbocycles. The van der Waals surface area contributed by atoms with E-state index in [0.29, 0.717) is 28.6 Å². The molecule has 1 aromatic carbocycles. The smallest absolute Gasteiger partial charge is 0.255 e. The van der Waals surface area contributed by atoms with E-state index in [0.717, 1.165) is 32.0 Å². The lowest BCUT2D eigenvalue weighted by Crippen LogP contribution is -2.34. The lowest BCUT2D eigenvalue weighted by atomic mass is 9.98. The average molecular weight is 364 g/mol. The maximum atomic E-state index is 13.8. The van der Waals surface area contributed by atoms with Gasteiger partial charge in [0.25, 0.3) is 5.78 Å². The molecule has 0 aliphatic carbocycles. The molecule has 3 aromatic rings. The summed E-state index contributed by atoms with van der Waals surface area (Å²) in [5, 5.41) is 4.39. The van der Waals surface area contributed by atoms with Crippen LogP contribution in [0.5, 0.6) is 0 Å². The molecule has 4 rings (SSSR count). The van der Waals surface area contributed by atoms with Crippen LogP contribution in [-0.2, 0) is 0 Å². The van der Waals surface area contributed by atoms with Crippen molar-refractivity contribution in [2.75, 3.05) is 18.0 Å². The minimum absolute atomic E-state index is 0.152. The standard InChI is InChI=1S/C17H16ClF2N5/c1-10-2-4-24(5-3-10)16-14(11-6-12(19)8-13(20)7-11)15(18)23-17-21-9-22-25(16)17/h6-10H,2-5H2,1H3. The lowest BCUT2D eigenvalue weighted by Gasteiger charge is -2.33. The molecule has 1 aliphatic rings. The molecule has 0 unspecified atom stereocenters. The molecule has 8 heteroatoms. The Balaban J connectivity index is 1.96. The first-order valence-electron chi connectivity index (χ1n) is 8.13. The van der Waals surface area contributed by atoms with Gasteiger partial charge in [-0.1, -0.05) is 18.5 Å². The summed E-state index contributed by atoms with van der Waals surface area (Å²) in [7, 11) is 0. The quantitative estimate of drug-likeness (QED) is 0.646. The fraction of sp³-hybridized carbons (Fsp3) is 0.353. The summed E-state index contributed by atoms with van der Waals surface area (Å²) in [5.41, 5.74) is 0.800. The number of nitrogens with zero attached hydrogens (tertiary/aromatic N) is 5. The number of benzene rings is 1. The second-order valence-corrected chi connectivity index (χ2v) is 6.76. The van der Waals surface area contributed by atoms with Gasteiger partial charge in [-0.05, 0) is 36.5 Å². The molecular weight excluding hydrogens is 348 g/mol. The Hall–Kier alpha value is -2.28. The number of halogens is 3. The Labute approximate surface area is 148 Å². The second-order valence-electron chi connectivity index (χ2n) is 6.40. The molecule has 25 heavy (non-hydrogen) atoms. The Bertz CT molecular complexity index is 914. The Morgan fingerprint density at radius 3 is 2.48 bits per heavy atom. The number of aromatic nitrogens is 4. The molecule has 3 heterocycles. The van der Waals surface area contributed by atoms with Crippen molar-refractivity contribution in [1.82, 2.24) is 19.6 Å². The summed E-state index contributed by atoms with van der Waals surface area (Å²) < 4.78 is 29.1. The van der Waals surface area contributed by atoms with E-state index in [2.05, 4.69) is 26.9 Å². The number of piperidine rings is 1. The van der Waals surface area contributed by atoms with Crippen LogP contribution >= 0.6 is 11.6 Å². The van der Waals surface area contributed by atoms with Crippen molar-refractivity contribution in [3.8, 4) is 11.1 Å². The molecule has 0 bridgehead atoms. The van der Waals surface area contributed by atoms with Gasteiger partial charge >= 0.3 is 0 Å². The number of hydrogen-bond acceptors (Lipinski definition) is 4. The van der Waals surface area contributed by atoms with E-state index in [1.54, 1.807) is 4.52 Å². The van der Waals surface area contributed by atoms with Gasteiger partial charge in [0.2, 0.25) is 0 Å². The fourth-order valence-corrected chi connectivity index (χ4v) is 3.53. The van der Waals surface area contributed by atoms with Gasteiger partial charge in [0.1, 0.15) is 28.9 Å². The van der Waals surface area contributed by atoms with Crippen LogP contribution in [0.3, 0.4) is 0 Å². The fourth-order valence-electron chi connectivity index (χ4n) is 3.26. The lowest BCUT2D eigenvalue weighted by molar-refractivity contribution is 0.435. The molecule has 1 saturated heterocycles. The van der Waals surface area contributed by atoms with Gasteiger partial charge in [-0.3, -0.25) is 0 Å². The van der Waals surface area contributed by atoms with Crippen LogP contribution in [0.2, 0.25) is 5.15 Å². The molecule has 5 nitrogen and oxygen atoms in total. The number of anilines is 1. The highest BCUT2D eigenvalue weighted by molar-refractivity contribution is 6.33. The van der Waals surface area contributed by atoms with Gasteiger partial charge in [0.15, 0.2) is 0 Å². The highest BCUT2D eigenvalue weighted by Gasteiger charge is 2.25. The van der Waals surface area contributed by atoms with Crippen LogP contribution in [-0.4, -0.2) is 32.7 Å². The SMILES string of the molecule is CC1CCN(c2c(-c3cc(F)cc(F)c3)c(Cl)nc3ncnn23)CC1. The summed E-state index contributed by atoms with van der Waals surface area (Å²) >= 11 is 6.39. The second kappa shape index (κ2) is 6.22. The maximum Gasteiger partial charge on any atom is 0.255 e. The van der Waals surface area contributed by atoms with Crippen LogP contribution in [0, 0.1) is 17.6 Å². The molecule has 0 atom stereocenters. The van der Waals surface area contributed by atoms with Crippen LogP contribution in [0.25, 0.3) is 16.9 Å². The summed E-state index contributed by atoms with van der Waals surface area (Å²) in [4.78, 5) is 10.5. The Morgan fingerprint density at radius 2 is 1.80 bits per heavy atom. The van der Waals surface area contributed by atoms with E-state index < -0.39 is 11.6 Å². The third-order valence-electron chi connectivity index (χ3n) is 4.59. The molecule has 0 N–H and O–H groups in total. The minimum Gasteiger partial charge on any atom is -0.356 e.